The first-order chi connectivity index (χ1) is 9.69. The molecular weight excluding hydrogens is 324 g/mol. The Morgan fingerprint density at radius 2 is 2.10 bits per heavy atom. The second-order valence-corrected chi connectivity index (χ2v) is 6.45. The largest absolute Gasteiger partial charge is 0.371 e. The molecule has 1 N–H and O–H groups in total. The van der Waals surface area contributed by atoms with Crippen LogP contribution in [0.4, 0.5) is 0 Å². The molecule has 0 aliphatic carbocycles. The molecule has 0 aromatic carbocycles. The lowest BCUT2D eigenvalue weighted by Gasteiger charge is -2.45. The van der Waals surface area contributed by atoms with Gasteiger partial charge in [-0.25, -0.2) is 4.89 Å². The molecule has 3 saturated heterocycles. The highest BCUT2D eigenvalue weighted by molar-refractivity contribution is 9.09. The zero-order valence-electron chi connectivity index (χ0n) is 11.6. The predicted octanol–water partition coefficient (Wildman–Crippen LogP) is 2.91. The Kier molecular flexibility index (Phi) is 6.06. The second kappa shape index (κ2) is 7.58. The lowest BCUT2D eigenvalue weighted by Crippen LogP contribution is -2.54. The summed E-state index contributed by atoms with van der Waals surface area (Å²) < 4.78 is 12.2. The maximum atomic E-state index is 9.05. The van der Waals surface area contributed by atoms with Gasteiger partial charge >= 0.3 is 0 Å². The molecule has 5 heteroatoms. The molecule has 112 valence electrons. The summed E-state index contributed by atoms with van der Waals surface area (Å²) in [7, 11) is 0. The minimum atomic E-state index is -0.328. The summed E-state index contributed by atoms with van der Waals surface area (Å²) >= 11 is 3.66. The van der Waals surface area contributed by atoms with Gasteiger partial charge in [0.15, 0.2) is 0 Å². The molecule has 2 bridgehead atoms. The highest BCUT2D eigenvalue weighted by Crippen LogP contribution is 2.36. The standard InChI is InChI=1S/C15H21BrO4/c1-3-5-6-7-12-14-9-15(20-17)13(19-12)8-10(16)11(4-2)18-14/h1,5-6,10-15,17H,4,7-9H2,2H3. The van der Waals surface area contributed by atoms with Crippen LogP contribution in [0.3, 0.4) is 0 Å². The summed E-state index contributed by atoms with van der Waals surface area (Å²) in [5, 5.41) is 9.05. The molecule has 20 heavy (non-hydrogen) atoms. The van der Waals surface area contributed by atoms with Crippen molar-refractivity contribution in [3.8, 4) is 12.3 Å². The Morgan fingerprint density at radius 3 is 2.75 bits per heavy atom. The van der Waals surface area contributed by atoms with Gasteiger partial charge in [-0.2, -0.15) is 0 Å². The van der Waals surface area contributed by atoms with Crippen molar-refractivity contribution in [1.29, 1.82) is 0 Å². The van der Waals surface area contributed by atoms with E-state index in [0.717, 1.165) is 12.8 Å². The lowest BCUT2D eigenvalue weighted by atomic mass is 9.90. The highest BCUT2D eigenvalue weighted by Gasteiger charge is 2.44. The zero-order valence-corrected chi connectivity index (χ0v) is 13.2. The van der Waals surface area contributed by atoms with Gasteiger partial charge in [-0.05, 0) is 25.3 Å². The maximum absolute atomic E-state index is 9.05. The molecule has 0 aromatic rings. The highest BCUT2D eigenvalue weighted by atomic mass is 79.9. The lowest BCUT2D eigenvalue weighted by molar-refractivity contribution is -0.334. The van der Waals surface area contributed by atoms with Crippen molar-refractivity contribution in [2.45, 2.75) is 68.0 Å². The zero-order chi connectivity index (χ0) is 14.5. The van der Waals surface area contributed by atoms with Gasteiger partial charge < -0.3 is 9.47 Å². The summed E-state index contributed by atoms with van der Waals surface area (Å²) in [6.07, 6.45) is 11.5. The van der Waals surface area contributed by atoms with Crippen molar-refractivity contribution in [3.63, 3.8) is 0 Å². The van der Waals surface area contributed by atoms with Crippen LogP contribution < -0.4 is 0 Å². The Hall–Kier alpha value is -0.380. The van der Waals surface area contributed by atoms with E-state index >= 15 is 0 Å². The maximum Gasteiger partial charge on any atom is 0.121 e. The number of terminal acetylenes is 1. The number of rotatable bonds is 4. The predicted molar refractivity (Wildman–Crippen MR) is 79.7 cm³/mol. The fraction of sp³-hybridized carbons (Fsp3) is 0.733. The molecule has 3 fully saturated rings. The van der Waals surface area contributed by atoms with Crippen LogP contribution in [0.2, 0.25) is 0 Å². The van der Waals surface area contributed by atoms with E-state index in [0.29, 0.717) is 12.8 Å². The average Bonchev–Trinajstić information content (AvgIpc) is 2.44. The van der Waals surface area contributed by atoms with Gasteiger partial charge in [-0.1, -0.05) is 34.9 Å². The Labute approximate surface area is 128 Å². The Morgan fingerprint density at radius 1 is 1.35 bits per heavy atom. The first-order valence-electron chi connectivity index (χ1n) is 7.05. The Bertz CT molecular complexity index is 377. The molecule has 0 saturated carbocycles. The van der Waals surface area contributed by atoms with Gasteiger partial charge in [0, 0.05) is 11.2 Å². The third-order valence-corrected chi connectivity index (χ3v) is 4.94. The third kappa shape index (κ3) is 3.63. The number of hydrogen-bond donors (Lipinski definition) is 1. The van der Waals surface area contributed by atoms with E-state index in [-0.39, 0.29) is 35.3 Å². The molecule has 0 radical (unpaired) electrons. The first-order valence-corrected chi connectivity index (χ1v) is 7.97. The van der Waals surface area contributed by atoms with Gasteiger partial charge in [-0.3, -0.25) is 5.26 Å². The van der Waals surface area contributed by atoms with Gasteiger partial charge in [-0.15, -0.1) is 6.42 Å². The monoisotopic (exact) mass is 344 g/mol. The van der Waals surface area contributed by atoms with Crippen molar-refractivity contribution in [1.82, 2.24) is 0 Å². The van der Waals surface area contributed by atoms with Gasteiger partial charge in [0.2, 0.25) is 0 Å². The van der Waals surface area contributed by atoms with Crippen LogP contribution in [-0.2, 0) is 14.4 Å². The van der Waals surface area contributed by atoms with Gasteiger partial charge in [0.25, 0.3) is 0 Å². The summed E-state index contributed by atoms with van der Waals surface area (Å²) in [6.45, 7) is 2.11. The SMILES string of the molecule is C#CC=CCC1OC2CC(Br)C(CC)OC1CC2OO. The van der Waals surface area contributed by atoms with Crippen LogP contribution in [0.15, 0.2) is 12.2 Å². The molecule has 3 rings (SSSR count). The molecule has 3 heterocycles. The second-order valence-electron chi connectivity index (χ2n) is 5.27. The molecule has 0 aromatic heterocycles. The summed E-state index contributed by atoms with van der Waals surface area (Å²) in [4.78, 5) is 4.78. The molecule has 3 aliphatic rings. The molecule has 4 nitrogen and oxygen atoms in total. The van der Waals surface area contributed by atoms with Crippen LogP contribution in [-0.4, -0.2) is 40.6 Å². The summed E-state index contributed by atoms with van der Waals surface area (Å²) in [5.74, 6) is 2.48. The average molecular weight is 345 g/mol. The fourth-order valence-corrected chi connectivity index (χ4v) is 3.77. The normalized spacial score (nSPS) is 41.3. The van der Waals surface area contributed by atoms with E-state index in [9.17, 15) is 0 Å². The van der Waals surface area contributed by atoms with Crippen LogP contribution in [0.25, 0.3) is 0 Å². The van der Waals surface area contributed by atoms with Crippen LogP contribution in [0, 0.1) is 12.3 Å². The number of alkyl halides is 1. The summed E-state index contributed by atoms with van der Waals surface area (Å²) in [5.41, 5.74) is 0. The van der Waals surface area contributed by atoms with E-state index in [1.165, 1.54) is 0 Å². The van der Waals surface area contributed by atoms with E-state index < -0.39 is 0 Å². The van der Waals surface area contributed by atoms with Crippen LogP contribution in [0.5, 0.6) is 0 Å². The van der Waals surface area contributed by atoms with Gasteiger partial charge in [0.1, 0.15) is 6.10 Å². The fourth-order valence-electron chi connectivity index (χ4n) is 2.91. The minimum Gasteiger partial charge on any atom is -0.371 e. The molecule has 6 unspecified atom stereocenters. The smallest absolute Gasteiger partial charge is 0.121 e. The van der Waals surface area contributed by atoms with Crippen LogP contribution >= 0.6 is 15.9 Å². The molecule has 0 amide bonds. The Balaban J connectivity index is 2.12. The first kappa shape index (κ1) is 16.0. The minimum absolute atomic E-state index is 0.0370. The number of allylic oxidation sites excluding steroid dienone is 1. The topological polar surface area (TPSA) is 47.9 Å². The van der Waals surface area contributed by atoms with E-state index in [1.54, 1.807) is 6.08 Å². The number of halogens is 1. The molecular formula is C15H21BrO4. The quantitative estimate of drug-likeness (QED) is 0.368. The molecule has 0 spiro atoms. The van der Waals surface area contributed by atoms with Crippen molar-refractivity contribution >= 4 is 15.9 Å². The number of hydrogen-bond acceptors (Lipinski definition) is 4. The van der Waals surface area contributed by atoms with Crippen molar-refractivity contribution in [2.75, 3.05) is 0 Å². The molecule has 6 atom stereocenters. The molecule has 3 aliphatic heterocycles. The van der Waals surface area contributed by atoms with Crippen molar-refractivity contribution < 1.29 is 19.6 Å². The van der Waals surface area contributed by atoms with E-state index in [2.05, 4.69) is 33.7 Å². The third-order valence-electron chi connectivity index (χ3n) is 3.97. The number of fused-ring (bicyclic) bond motifs is 5. The van der Waals surface area contributed by atoms with E-state index in [1.807, 2.05) is 6.08 Å². The van der Waals surface area contributed by atoms with Crippen molar-refractivity contribution in [3.05, 3.63) is 12.2 Å². The summed E-state index contributed by atoms with van der Waals surface area (Å²) in [6, 6.07) is 0. The van der Waals surface area contributed by atoms with Gasteiger partial charge in [0.05, 0.1) is 24.4 Å². The number of ether oxygens (including phenoxy) is 2. The van der Waals surface area contributed by atoms with Crippen molar-refractivity contribution in [2.24, 2.45) is 0 Å². The van der Waals surface area contributed by atoms with Crippen LogP contribution in [0.1, 0.15) is 32.6 Å². The van der Waals surface area contributed by atoms with E-state index in [4.69, 9.17) is 21.2 Å².